The zero-order valence-electron chi connectivity index (χ0n) is 14.2. The molecule has 25 heavy (non-hydrogen) atoms. The normalized spacial score (nSPS) is 15.5. The lowest BCUT2D eigenvalue weighted by atomic mass is 10.1. The van der Waals surface area contributed by atoms with Crippen LogP contribution < -0.4 is 0 Å². The third kappa shape index (κ3) is 2.72. The number of nitrogens with zero attached hydrogens (tertiary/aromatic N) is 2. The Morgan fingerprint density at radius 2 is 1.80 bits per heavy atom. The van der Waals surface area contributed by atoms with Crippen molar-refractivity contribution in [3.63, 3.8) is 0 Å². The first-order chi connectivity index (χ1) is 11.9. The molecule has 0 amide bonds. The summed E-state index contributed by atoms with van der Waals surface area (Å²) < 4.78 is 29.3. The van der Waals surface area contributed by atoms with Crippen molar-refractivity contribution in [3.8, 4) is 0 Å². The molecule has 0 bridgehead atoms. The Morgan fingerprint density at radius 3 is 2.52 bits per heavy atom. The van der Waals surface area contributed by atoms with Crippen LogP contribution in [0.3, 0.4) is 0 Å². The zero-order valence-corrected chi connectivity index (χ0v) is 16.6. The highest BCUT2D eigenvalue weighted by Crippen LogP contribution is 2.35. The summed E-state index contributed by atoms with van der Waals surface area (Å²) in [6, 6.07) is 12.9. The third-order valence-electron chi connectivity index (χ3n) is 4.81. The molecule has 1 aromatic heterocycles. The highest BCUT2D eigenvalue weighted by atomic mass is 79.9. The predicted molar refractivity (Wildman–Crippen MR) is 103 cm³/mol. The highest BCUT2D eigenvalue weighted by molar-refractivity contribution is 9.10. The molecule has 0 unspecified atom stereocenters. The average Bonchev–Trinajstić information content (AvgIpc) is 2.89. The van der Waals surface area contributed by atoms with E-state index in [0.29, 0.717) is 4.90 Å². The van der Waals surface area contributed by atoms with Gasteiger partial charge < -0.3 is 4.90 Å². The molecule has 0 N–H and O–H groups in total. The van der Waals surface area contributed by atoms with Crippen molar-refractivity contribution in [1.29, 1.82) is 0 Å². The van der Waals surface area contributed by atoms with Crippen LogP contribution in [-0.2, 0) is 23.0 Å². The second-order valence-electron chi connectivity index (χ2n) is 6.66. The first kappa shape index (κ1) is 16.8. The van der Waals surface area contributed by atoms with E-state index in [1.807, 2.05) is 37.3 Å². The summed E-state index contributed by atoms with van der Waals surface area (Å²) in [7, 11) is -1.56. The van der Waals surface area contributed by atoms with Crippen molar-refractivity contribution in [2.75, 3.05) is 13.6 Å². The minimum absolute atomic E-state index is 0.333. The van der Waals surface area contributed by atoms with Crippen LogP contribution >= 0.6 is 15.9 Å². The second-order valence-corrected chi connectivity index (χ2v) is 9.36. The van der Waals surface area contributed by atoms with Crippen LogP contribution in [0.15, 0.2) is 51.8 Å². The van der Waals surface area contributed by atoms with Gasteiger partial charge in [-0.25, -0.2) is 12.4 Å². The van der Waals surface area contributed by atoms with E-state index < -0.39 is 10.0 Å². The number of halogens is 1. The van der Waals surface area contributed by atoms with Gasteiger partial charge in [0.2, 0.25) is 0 Å². The molecule has 3 aromatic rings. The summed E-state index contributed by atoms with van der Waals surface area (Å²) in [5.74, 6) is 0. The van der Waals surface area contributed by atoms with Gasteiger partial charge in [-0.15, -0.1) is 0 Å². The van der Waals surface area contributed by atoms with Crippen molar-refractivity contribution < 1.29 is 8.42 Å². The molecular formula is C19H19BrN2O2S. The lowest BCUT2D eigenvalue weighted by Gasteiger charge is -2.24. The van der Waals surface area contributed by atoms with Crippen LogP contribution in [0.5, 0.6) is 0 Å². The number of benzene rings is 2. The SMILES string of the molecule is Cc1ccc(S(=O)(=O)n2c3c(c4cc(Br)ccc42)CN(C)CC3)cc1. The minimum atomic E-state index is -3.63. The lowest BCUT2D eigenvalue weighted by Crippen LogP contribution is -2.28. The van der Waals surface area contributed by atoms with E-state index in [2.05, 4.69) is 27.9 Å². The Labute approximate surface area is 156 Å². The number of fused-ring (bicyclic) bond motifs is 3. The van der Waals surface area contributed by atoms with Gasteiger partial charge in [-0.2, -0.15) is 0 Å². The smallest absolute Gasteiger partial charge is 0.268 e. The van der Waals surface area contributed by atoms with Gasteiger partial charge in [0, 0.05) is 35.1 Å². The Bertz CT molecular complexity index is 1070. The van der Waals surface area contributed by atoms with E-state index >= 15 is 0 Å². The minimum Gasteiger partial charge on any atom is -0.302 e. The molecule has 0 atom stereocenters. The number of hydrogen-bond donors (Lipinski definition) is 0. The molecule has 0 aliphatic carbocycles. The van der Waals surface area contributed by atoms with Crippen molar-refractivity contribution in [1.82, 2.24) is 8.87 Å². The van der Waals surface area contributed by atoms with Crippen LogP contribution in [0.4, 0.5) is 0 Å². The molecule has 1 aliphatic rings. The monoisotopic (exact) mass is 418 g/mol. The van der Waals surface area contributed by atoms with Crippen LogP contribution in [0.2, 0.25) is 0 Å². The van der Waals surface area contributed by atoms with Crippen LogP contribution in [0, 0.1) is 6.92 Å². The number of hydrogen-bond acceptors (Lipinski definition) is 3. The topological polar surface area (TPSA) is 42.3 Å². The molecule has 1 aliphatic heterocycles. The molecule has 130 valence electrons. The molecular weight excluding hydrogens is 400 g/mol. The standard InChI is InChI=1S/C19H19BrN2O2S/c1-13-3-6-15(7-4-13)25(23,24)22-18-8-5-14(20)11-16(18)17-12-21(2)10-9-19(17)22/h3-8,11H,9-10,12H2,1-2H3. The molecule has 0 radical (unpaired) electrons. The Balaban J connectivity index is 2.03. The van der Waals surface area contributed by atoms with E-state index in [4.69, 9.17) is 0 Å². The summed E-state index contributed by atoms with van der Waals surface area (Å²) in [5, 5.41) is 1.01. The predicted octanol–water partition coefficient (Wildman–Crippen LogP) is 3.94. The van der Waals surface area contributed by atoms with Gasteiger partial charge >= 0.3 is 0 Å². The van der Waals surface area contributed by atoms with Crippen molar-refractivity contribution >= 4 is 36.9 Å². The van der Waals surface area contributed by atoms with Gasteiger partial charge in [0.05, 0.1) is 10.4 Å². The van der Waals surface area contributed by atoms with E-state index in [-0.39, 0.29) is 0 Å². The van der Waals surface area contributed by atoms with Crippen LogP contribution in [-0.4, -0.2) is 30.9 Å². The molecule has 4 rings (SSSR count). The van der Waals surface area contributed by atoms with Gasteiger partial charge in [-0.1, -0.05) is 33.6 Å². The molecule has 0 saturated heterocycles. The summed E-state index contributed by atoms with van der Waals surface area (Å²) in [4.78, 5) is 2.56. The molecule has 4 nitrogen and oxygen atoms in total. The van der Waals surface area contributed by atoms with Crippen molar-refractivity contribution in [2.45, 2.75) is 24.8 Å². The first-order valence-electron chi connectivity index (χ1n) is 8.20. The molecule has 2 heterocycles. The first-order valence-corrected chi connectivity index (χ1v) is 10.4. The number of likely N-dealkylation sites (N-methyl/N-ethyl adjacent to an activating group) is 1. The fourth-order valence-corrected chi connectivity index (χ4v) is 5.48. The molecule has 2 aromatic carbocycles. The second kappa shape index (κ2) is 5.97. The molecule has 6 heteroatoms. The Kier molecular flexibility index (Phi) is 4.02. The van der Waals surface area contributed by atoms with E-state index in [1.54, 1.807) is 16.1 Å². The quantitative estimate of drug-likeness (QED) is 0.632. The fourth-order valence-electron chi connectivity index (χ4n) is 3.52. The van der Waals surface area contributed by atoms with E-state index in [0.717, 1.165) is 51.7 Å². The van der Waals surface area contributed by atoms with Crippen LogP contribution in [0.1, 0.15) is 16.8 Å². The highest BCUT2D eigenvalue weighted by Gasteiger charge is 2.29. The summed E-state index contributed by atoms with van der Waals surface area (Å²) in [5.41, 5.74) is 3.82. The summed E-state index contributed by atoms with van der Waals surface area (Å²) in [6.45, 7) is 3.57. The van der Waals surface area contributed by atoms with Gasteiger partial charge in [0.1, 0.15) is 0 Å². The maximum atomic E-state index is 13.4. The molecule has 0 fully saturated rings. The van der Waals surface area contributed by atoms with Gasteiger partial charge in [0.25, 0.3) is 10.0 Å². The maximum Gasteiger partial charge on any atom is 0.268 e. The van der Waals surface area contributed by atoms with E-state index in [9.17, 15) is 8.42 Å². The number of rotatable bonds is 2. The number of aryl methyl sites for hydroxylation is 1. The Hall–Kier alpha value is -1.63. The summed E-state index contributed by atoms with van der Waals surface area (Å²) in [6.07, 6.45) is 0.725. The zero-order chi connectivity index (χ0) is 17.8. The van der Waals surface area contributed by atoms with E-state index in [1.165, 1.54) is 0 Å². The molecule has 0 saturated carbocycles. The fraction of sp³-hybridized carbons (Fsp3) is 0.263. The summed E-state index contributed by atoms with van der Waals surface area (Å²) >= 11 is 3.52. The largest absolute Gasteiger partial charge is 0.302 e. The number of aromatic nitrogens is 1. The average molecular weight is 419 g/mol. The van der Waals surface area contributed by atoms with Crippen molar-refractivity contribution in [2.24, 2.45) is 0 Å². The third-order valence-corrected chi connectivity index (χ3v) is 7.07. The van der Waals surface area contributed by atoms with Gasteiger partial charge in [0.15, 0.2) is 0 Å². The lowest BCUT2D eigenvalue weighted by molar-refractivity contribution is 0.312. The Morgan fingerprint density at radius 1 is 1.08 bits per heavy atom. The van der Waals surface area contributed by atoms with Gasteiger partial charge in [-0.05, 0) is 49.9 Å². The van der Waals surface area contributed by atoms with Gasteiger partial charge in [-0.3, -0.25) is 0 Å². The molecule has 0 spiro atoms. The van der Waals surface area contributed by atoms with Crippen LogP contribution in [0.25, 0.3) is 10.9 Å². The maximum absolute atomic E-state index is 13.4. The van der Waals surface area contributed by atoms with Crippen molar-refractivity contribution in [3.05, 3.63) is 63.8 Å².